The fraction of sp³-hybridized carbons (Fsp3) is 0.125. The molecule has 2 amide bonds. The van der Waals surface area contributed by atoms with Gasteiger partial charge in [-0.15, -0.1) is 6.58 Å². The predicted octanol–water partition coefficient (Wildman–Crippen LogP) is 0.963. The SMILES string of the molecule is C=CCN1C(=O)/C(=C/c2ccc(OCC(=O)O)cc2)C(=O)NC1=S. The van der Waals surface area contributed by atoms with Gasteiger partial charge in [-0.2, -0.15) is 0 Å². The van der Waals surface area contributed by atoms with Gasteiger partial charge in [-0.05, 0) is 36.0 Å². The average Bonchev–Trinajstić information content (AvgIpc) is 2.54. The molecule has 2 rings (SSSR count). The number of carboxylic acids is 1. The minimum atomic E-state index is -1.08. The summed E-state index contributed by atoms with van der Waals surface area (Å²) >= 11 is 4.97. The van der Waals surface area contributed by atoms with Crippen LogP contribution in [-0.4, -0.2) is 46.1 Å². The van der Waals surface area contributed by atoms with Crippen molar-refractivity contribution in [1.82, 2.24) is 10.2 Å². The molecular weight excluding hydrogens is 332 g/mol. The van der Waals surface area contributed by atoms with Crippen LogP contribution < -0.4 is 10.1 Å². The number of carboxylic acid groups (broad SMARTS) is 1. The molecular formula is C16H14N2O5S. The molecule has 1 fully saturated rings. The average molecular weight is 346 g/mol. The van der Waals surface area contributed by atoms with Crippen LogP contribution >= 0.6 is 12.2 Å². The third kappa shape index (κ3) is 4.05. The second-order valence-electron chi connectivity index (χ2n) is 4.77. The summed E-state index contributed by atoms with van der Waals surface area (Å²) in [5.74, 6) is -1.79. The lowest BCUT2D eigenvalue weighted by molar-refractivity contribution is -0.139. The Hall–Kier alpha value is -3.00. The Morgan fingerprint density at radius 2 is 2.00 bits per heavy atom. The Kier molecular flexibility index (Phi) is 5.43. The minimum absolute atomic E-state index is 0.0412. The van der Waals surface area contributed by atoms with E-state index in [0.717, 1.165) is 0 Å². The summed E-state index contributed by atoms with van der Waals surface area (Å²) in [4.78, 5) is 36.0. The zero-order chi connectivity index (χ0) is 17.7. The number of benzene rings is 1. The smallest absolute Gasteiger partial charge is 0.341 e. The molecule has 1 aromatic rings. The van der Waals surface area contributed by atoms with Gasteiger partial charge in [-0.25, -0.2) is 4.79 Å². The van der Waals surface area contributed by atoms with Crippen molar-refractivity contribution in [1.29, 1.82) is 0 Å². The van der Waals surface area contributed by atoms with Crippen molar-refractivity contribution < 1.29 is 24.2 Å². The van der Waals surface area contributed by atoms with Crippen molar-refractivity contribution in [3.63, 3.8) is 0 Å². The second kappa shape index (κ2) is 7.51. The maximum atomic E-state index is 12.4. The standard InChI is InChI=1S/C16H14N2O5S/c1-2-7-18-15(22)12(14(21)17-16(18)24)8-10-3-5-11(6-4-10)23-9-13(19)20/h2-6,8H,1,7,9H2,(H,19,20)(H,17,21,24)/b12-8+. The first-order valence-electron chi connectivity index (χ1n) is 6.87. The summed E-state index contributed by atoms with van der Waals surface area (Å²) < 4.78 is 5.01. The van der Waals surface area contributed by atoms with E-state index in [1.54, 1.807) is 24.3 Å². The van der Waals surface area contributed by atoms with Crippen LogP contribution in [0.2, 0.25) is 0 Å². The summed E-state index contributed by atoms with van der Waals surface area (Å²) in [5.41, 5.74) is 0.534. The second-order valence-corrected chi connectivity index (χ2v) is 5.16. The van der Waals surface area contributed by atoms with Crippen LogP contribution in [0.25, 0.3) is 6.08 Å². The van der Waals surface area contributed by atoms with Gasteiger partial charge in [0.05, 0.1) is 0 Å². The van der Waals surface area contributed by atoms with Gasteiger partial charge in [-0.3, -0.25) is 19.8 Å². The highest BCUT2D eigenvalue weighted by Crippen LogP contribution is 2.17. The van der Waals surface area contributed by atoms with E-state index in [1.165, 1.54) is 17.1 Å². The molecule has 7 nitrogen and oxygen atoms in total. The maximum absolute atomic E-state index is 12.4. The number of aliphatic carboxylic acids is 1. The normalized spacial score (nSPS) is 16.1. The number of thiocarbonyl (C=S) groups is 1. The minimum Gasteiger partial charge on any atom is -0.482 e. The van der Waals surface area contributed by atoms with Gasteiger partial charge < -0.3 is 9.84 Å². The highest BCUT2D eigenvalue weighted by Gasteiger charge is 2.32. The van der Waals surface area contributed by atoms with Gasteiger partial charge in [0.2, 0.25) is 0 Å². The van der Waals surface area contributed by atoms with E-state index in [9.17, 15) is 14.4 Å². The quantitative estimate of drug-likeness (QED) is 0.345. The van der Waals surface area contributed by atoms with Gasteiger partial charge in [0.15, 0.2) is 11.7 Å². The van der Waals surface area contributed by atoms with Gasteiger partial charge in [-0.1, -0.05) is 18.2 Å². The van der Waals surface area contributed by atoms with Crippen LogP contribution in [0.1, 0.15) is 5.56 Å². The third-order valence-electron chi connectivity index (χ3n) is 3.05. The molecule has 1 aromatic carbocycles. The topological polar surface area (TPSA) is 95.9 Å². The van der Waals surface area contributed by atoms with Crippen LogP contribution in [0.4, 0.5) is 0 Å². The number of carbonyl (C=O) groups excluding carboxylic acids is 2. The van der Waals surface area contributed by atoms with Gasteiger partial charge >= 0.3 is 5.97 Å². The first-order chi connectivity index (χ1) is 11.4. The zero-order valence-electron chi connectivity index (χ0n) is 12.5. The van der Waals surface area contributed by atoms with Crippen molar-refractivity contribution in [2.24, 2.45) is 0 Å². The van der Waals surface area contributed by atoms with E-state index in [-0.39, 0.29) is 17.2 Å². The Bertz CT molecular complexity index is 739. The van der Waals surface area contributed by atoms with Gasteiger partial charge in [0.1, 0.15) is 11.3 Å². The predicted molar refractivity (Wildman–Crippen MR) is 90.2 cm³/mol. The molecule has 0 spiro atoms. The molecule has 0 atom stereocenters. The van der Waals surface area contributed by atoms with Crippen LogP contribution in [-0.2, 0) is 14.4 Å². The Morgan fingerprint density at radius 3 is 2.58 bits per heavy atom. The van der Waals surface area contributed by atoms with Crippen molar-refractivity contribution >= 4 is 41.2 Å². The molecule has 1 aliphatic rings. The van der Waals surface area contributed by atoms with Gasteiger partial charge in [0.25, 0.3) is 11.8 Å². The fourth-order valence-corrected chi connectivity index (χ4v) is 2.21. The molecule has 0 bridgehead atoms. The molecule has 8 heteroatoms. The van der Waals surface area contributed by atoms with E-state index < -0.39 is 24.4 Å². The first-order valence-corrected chi connectivity index (χ1v) is 7.27. The molecule has 0 saturated carbocycles. The monoisotopic (exact) mass is 346 g/mol. The van der Waals surface area contributed by atoms with Crippen LogP contribution in [0.5, 0.6) is 5.75 Å². The van der Waals surface area contributed by atoms with E-state index in [0.29, 0.717) is 11.3 Å². The molecule has 24 heavy (non-hydrogen) atoms. The fourth-order valence-electron chi connectivity index (χ4n) is 1.96. The van der Waals surface area contributed by atoms with Crippen molar-refractivity contribution in [2.75, 3.05) is 13.2 Å². The van der Waals surface area contributed by atoms with Crippen LogP contribution in [0, 0.1) is 0 Å². The van der Waals surface area contributed by atoms with Crippen molar-refractivity contribution in [3.05, 3.63) is 48.1 Å². The molecule has 2 N–H and O–H groups in total. The molecule has 0 aliphatic carbocycles. The Labute approximate surface area is 143 Å². The number of carbonyl (C=O) groups is 3. The number of nitrogens with one attached hydrogen (secondary N) is 1. The molecule has 1 saturated heterocycles. The number of hydrogen-bond donors (Lipinski definition) is 2. The number of rotatable bonds is 6. The summed E-state index contributed by atoms with van der Waals surface area (Å²) in [6, 6.07) is 6.31. The number of ether oxygens (including phenoxy) is 1. The molecule has 1 aliphatic heterocycles. The molecule has 0 unspecified atom stereocenters. The molecule has 1 heterocycles. The summed E-state index contributed by atoms with van der Waals surface area (Å²) in [6.45, 7) is 3.29. The summed E-state index contributed by atoms with van der Waals surface area (Å²) in [5, 5.41) is 11.0. The van der Waals surface area contributed by atoms with Crippen LogP contribution in [0.3, 0.4) is 0 Å². The maximum Gasteiger partial charge on any atom is 0.341 e. The number of hydrogen-bond acceptors (Lipinski definition) is 5. The number of amides is 2. The highest BCUT2D eigenvalue weighted by atomic mass is 32.1. The summed E-state index contributed by atoms with van der Waals surface area (Å²) in [6.07, 6.45) is 2.93. The lowest BCUT2D eigenvalue weighted by Gasteiger charge is -2.27. The largest absolute Gasteiger partial charge is 0.482 e. The molecule has 0 aromatic heterocycles. The lowest BCUT2D eigenvalue weighted by atomic mass is 10.1. The van der Waals surface area contributed by atoms with E-state index in [4.69, 9.17) is 22.1 Å². The Balaban J connectivity index is 2.20. The van der Waals surface area contributed by atoms with E-state index in [1.807, 2.05) is 0 Å². The summed E-state index contributed by atoms with van der Waals surface area (Å²) in [7, 11) is 0. The lowest BCUT2D eigenvalue weighted by Crippen LogP contribution is -2.53. The van der Waals surface area contributed by atoms with E-state index in [2.05, 4.69) is 11.9 Å². The van der Waals surface area contributed by atoms with Gasteiger partial charge in [0, 0.05) is 6.54 Å². The first kappa shape index (κ1) is 17.4. The molecule has 0 radical (unpaired) electrons. The van der Waals surface area contributed by atoms with Crippen LogP contribution in [0.15, 0.2) is 42.5 Å². The molecule has 124 valence electrons. The number of nitrogens with zero attached hydrogens (tertiary/aromatic N) is 1. The van der Waals surface area contributed by atoms with E-state index >= 15 is 0 Å². The van der Waals surface area contributed by atoms with Crippen molar-refractivity contribution in [2.45, 2.75) is 0 Å². The van der Waals surface area contributed by atoms with Crippen molar-refractivity contribution in [3.8, 4) is 5.75 Å². The third-order valence-corrected chi connectivity index (χ3v) is 3.37. The zero-order valence-corrected chi connectivity index (χ0v) is 13.3. The highest BCUT2D eigenvalue weighted by molar-refractivity contribution is 7.80. The Morgan fingerprint density at radius 1 is 1.33 bits per heavy atom.